The molecule has 0 radical (unpaired) electrons. The Balaban J connectivity index is 1.25. The van der Waals surface area contributed by atoms with Gasteiger partial charge in [0.25, 0.3) is 0 Å². The van der Waals surface area contributed by atoms with Crippen LogP contribution in [0, 0.1) is 11.8 Å². The Kier molecular flexibility index (Phi) is 4.80. The average molecular weight is 315 g/mol. The van der Waals surface area contributed by atoms with Gasteiger partial charge in [0.1, 0.15) is 0 Å². The summed E-state index contributed by atoms with van der Waals surface area (Å²) in [6.07, 6.45) is 7.27. The van der Waals surface area contributed by atoms with Crippen LogP contribution >= 0.6 is 0 Å². The van der Waals surface area contributed by atoms with E-state index in [2.05, 4.69) is 51.1 Å². The van der Waals surface area contributed by atoms with Gasteiger partial charge >= 0.3 is 0 Å². The summed E-state index contributed by atoms with van der Waals surface area (Å²) in [6.45, 7) is 3.04. The summed E-state index contributed by atoms with van der Waals surface area (Å²) < 4.78 is 0. The summed E-state index contributed by atoms with van der Waals surface area (Å²) >= 11 is 0. The zero-order valence-electron chi connectivity index (χ0n) is 13.8. The van der Waals surface area contributed by atoms with Crippen molar-refractivity contribution in [1.29, 1.82) is 0 Å². The number of benzene rings is 1. The van der Waals surface area contributed by atoms with Crippen LogP contribution in [0.2, 0.25) is 0 Å². The molecule has 5 nitrogen and oxygen atoms in total. The molecular weight excluding hydrogens is 286 g/mol. The first-order chi connectivity index (χ1) is 11.4. The minimum atomic E-state index is 0.205. The van der Waals surface area contributed by atoms with Crippen LogP contribution in [0.4, 0.5) is 5.69 Å². The van der Waals surface area contributed by atoms with Gasteiger partial charge in [-0.1, -0.05) is 18.6 Å². The topological polar surface area (TPSA) is 60.1 Å². The van der Waals surface area contributed by atoms with E-state index in [0.29, 0.717) is 0 Å². The predicted octanol–water partition coefficient (Wildman–Crippen LogP) is 1.92. The fourth-order valence-corrected chi connectivity index (χ4v) is 4.01. The predicted molar refractivity (Wildman–Crippen MR) is 93.8 cm³/mol. The standard InChI is InChI=1S/C18H29N5/c1-3-14(4-1)17-8-7-13(11-20-17)10-19-16-6-2-5-15(9-16)18-21-12-22-23-18/h2,5-6,9,13-14,17-23H,1,3-4,7-8,10-12H2. The number of rotatable bonds is 5. The molecule has 0 bridgehead atoms. The first kappa shape index (κ1) is 15.4. The van der Waals surface area contributed by atoms with E-state index in [0.717, 1.165) is 31.1 Å². The summed E-state index contributed by atoms with van der Waals surface area (Å²) in [7, 11) is 0. The summed E-state index contributed by atoms with van der Waals surface area (Å²) in [5, 5.41) is 10.8. The second kappa shape index (κ2) is 7.18. The first-order valence-electron chi connectivity index (χ1n) is 9.17. The molecule has 2 aliphatic heterocycles. The van der Waals surface area contributed by atoms with Crippen LogP contribution in [-0.2, 0) is 0 Å². The summed E-state index contributed by atoms with van der Waals surface area (Å²) in [6, 6.07) is 9.50. The van der Waals surface area contributed by atoms with Crippen LogP contribution in [-0.4, -0.2) is 25.8 Å². The third-order valence-electron chi connectivity index (χ3n) is 5.73. The van der Waals surface area contributed by atoms with Crippen LogP contribution in [0.3, 0.4) is 0 Å². The SMILES string of the molecule is c1cc(NCC2CCC(C3CCC3)NC2)cc(C2NCNN2)c1. The molecule has 1 saturated carbocycles. The van der Waals surface area contributed by atoms with Crippen molar-refractivity contribution >= 4 is 5.69 Å². The van der Waals surface area contributed by atoms with Gasteiger partial charge in [-0.2, -0.15) is 0 Å². The lowest BCUT2D eigenvalue weighted by Crippen LogP contribution is -2.46. The van der Waals surface area contributed by atoms with E-state index in [1.54, 1.807) is 0 Å². The van der Waals surface area contributed by atoms with Crippen LogP contribution in [0.15, 0.2) is 24.3 Å². The van der Waals surface area contributed by atoms with Gasteiger partial charge in [-0.25, -0.2) is 10.9 Å². The van der Waals surface area contributed by atoms with Gasteiger partial charge in [0.15, 0.2) is 0 Å². The molecule has 4 rings (SSSR count). The number of nitrogens with one attached hydrogen (secondary N) is 5. The highest BCUT2D eigenvalue weighted by Gasteiger charge is 2.30. The highest BCUT2D eigenvalue weighted by molar-refractivity contribution is 5.46. The molecule has 3 atom stereocenters. The third-order valence-corrected chi connectivity index (χ3v) is 5.73. The molecule has 0 aromatic heterocycles. The van der Waals surface area contributed by atoms with Gasteiger partial charge < -0.3 is 10.6 Å². The Morgan fingerprint density at radius 3 is 2.74 bits per heavy atom. The molecule has 3 unspecified atom stereocenters. The minimum absolute atomic E-state index is 0.205. The Morgan fingerprint density at radius 1 is 1.09 bits per heavy atom. The minimum Gasteiger partial charge on any atom is -0.385 e. The van der Waals surface area contributed by atoms with E-state index in [1.165, 1.54) is 49.9 Å². The second-order valence-corrected chi connectivity index (χ2v) is 7.29. The van der Waals surface area contributed by atoms with Crippen LogP contribution in [0.25, 0.3) is 0 Å². The van der Waals surface area contributed by atoms with Crippen molar-refractivity contribution in [1.82, 2.24) is 21.5 Å². The Labute approximate surface area is 139 Å². The summed E-state index contributed by atoms with van der Waals surface area (Å²) in [4.78, 5) is 0. The zero-order valence-corrected chi connectivity index (χ0v) is 13.8. The Hall–Kier alpha value is -1.14. The molecule has 1 aromatic rings. The fraction of sp³-hybridized carbons (Fsp3) is 0.667. The van der Waals surface area contributed by atoms with Gasteiger partial charge in [-0.05, 0) is 61.8 Å². The van der Waals surface area contributed by atoms with Gasteiger partial charge in [-0.3, -0.25) is 5.32 Å². The molecule has 2 saturated heterocycles. The lowest BCUT2D eigenvalue weighted by molar-refractivity contribution is 0.179. The van der Waals surface area contributed by atoms with Gasteiger partial charge in [0.2, 0.25) is 0 Å². The number of hydrogen-bond acceptors (Lipinski definition) is 5. The molecule has 23 heavy (non-hydrogen) atoms. The van der Waals surface area contributed by atoms with Gasteiger partial charge in [0.05, 0.1) is 12.8 Å². The molecule has 5 heteroatoms. The molecule has 2 heterocycles. The van der Waals surface area contributed by atoms with Crippen molar-refractivity contribution in [2.24, 2.45) is 11.8 Å². The van der Waals surface area contributed by atoms with E-state index in [-0.39, 0.29) is 6.17 Å². The number of hydrogen-bond donors (Lipinski definition) is 5. The first-order valence-corrected chi connectivity index (χ1v) is 9.17. The molecule has 1 aliphatic carbocycles. The van der Waals surface area contributed by atoms with Gasteiger partial charge in [-0.15, -0.1) is 0 Å². The van der Waals surface area contributed by atoms with Crippen LogP contribution < -0.4 is 26.8 Å². The molecule has 3 fully saturated rings. The van der Waals surface area contributed by atoms with Gasteiger partial charge in [0, 0.05) is 18.3 Å². The Bertz CT molecular complexity index is 502. The highest BCUT2D eigenvalue weighted by atomic mass is 15.5. The highest BCUT2D eigenvalue weighted by Crippen LogP contribution is 2.33. The number of hydrazine groups is 1. The van der Waals surface area contributed by atoms with Crippen LogP contribution in [0.1, 0.15) is 43.8 Å². The van der Waals surface area contributed by atoms with Crippen molar-refractivity contribution in [2.75, 3.05) is 25.1 Å². The molecule has 126 valence electrons. The zero-order chi connectivity index (χ0) is 15.5. The van der Waals surface area contributed by atoms with E-state index in [4.69, 9.17) is 0 Å². The lowest BCUT2D eigenvalue weighted by Gasteiger charge is -2.39. The molecule has 3 aliphatic rings. The van der Waals surface area contributed by atoms with Crippen molar-refractivity contribution in [3.63, 3.8) is 0 Å². The molecule has 1 aromatic carbocycles. The van der Waals surface area contributed by atoms with Crippen LogP contribution in [0.5, 0.6) is 0 Å². The molecular formula is C18H29N5. The van der Waals surface area contributed by atoms with Crippen molar-refractivity contribution < 1.29 is 0 Å². The monoisotopic (exact) mass is 315 g/mol. The maximum atomic E-state index is 3.80. The van der Waals surface area contributed by atoms with E-state index >= 15 is 0 Å². The van der Waals surface area contributed by atoms with Crippen molar-refractivity contribution in [3.8, 4) is 0 Å². The lowest BCUT2D eigenvalue weighted by atomic mass is 9.76. The fourth-order valence-electron chi connectivity index (χ4n) is 4.01. The maximum absolute atomic E-state index is 3.80. The van der Waals surface area contributed by atoms with Crippen molar-refractivity contribution in [2.45, 2.75) is 44.3 Å². The summed E-state index contributed by atoms with van der Waals surface area (Å²) in [5.41, 5.74) is 8.83. The molecule has 0 spiro atoms. The summed E-state index contributed by atoms with van der Waals surface area (Å²) in [5.74, 6) is 1.72. The second-order valence-electron chi connectivity index (χ2n) is 7.29. The van der Waals surface area contributed by atoms with Crippen molar-refractivity contribution in [3.05, 3.63) is 29.8 Å². The average Bonchev–Trinajstić information content (AvgIpc) is 3.07. The third kappa shape index (κ3) is 3.69. The normalized spacial score (nSPS) is 31.7. The number of anilines is 1. The molecule has 0 amide bonds. The number of piperidine rings is 1. The van der Waals surface area contributed by atoms with E-state index < -0.39 is 0 Å². The Morgan fingerprint density at radius 2 is 2.04 bits per heavy atom. The smallest absolute Gasteiger partial charge is 0.0974 e. The van der Waals surface area contributed by atoms with E-state index in [1.807, 2.05) is 0 Å². The molecule has 5 N–H and O–H groups in total. The largest absolute Gasteiger partial charge is 0.385 e. The maximum Gasteiger partial charge on any atom is 0.0974 e. The van der Waals surface area contributed by atoms with E-state index in [9.17, 15) is 0 Å². The quantitative estimate of drug-likeness (QED) is 0.575.